The lowest BCUT2D eigenvalue weighted by Gasteiger charge is -2.08. The highest BCUT2D eigenvalue weighted by atomic mass is 19.1. The van der Waals surface area contributed by atoms with Crippen LogP contribution >= 0.6 is 0 Å². The maximum atomic E-state index is 13.8. The Balaban J connectivity index is 2.17. The zero-order valence-corrected chi connectivity index (χ0v) is 10.8. The van der Waals surface area contributed by atoms with E-state index in [4.69, 9.17) is 4.74 Å². The Kier molecular flexibility index (Phi) is 2.99. The van der Waals surface area contributed by atoms with Gasteiger partial charge in [-0.25, -0.2) is 4.39 Å². The van der Waals surface area contributed by atoms with Crippen LogP contribution in [0.3, 0.4) is 0 Å². The van der Waals surface area contributed by atoms with E-state index in [1.54, 1.807) is 42.6 Å². The van der Waals surface area contributed by atoms with Gasteiger partial charge in [0, 0.05) is 17.1 Å². The smallest absolute Gasteiger partial charge is 0.161 e. The van der Waals surface area contributed by atoms with Crippen molar-refractivity contribution in [3.05, 3.63) is 54.5 Å². The fourth-order valence-corrected chi connectivity index (χ4v) is 2.13. The van der Waals surface area contributed by atoms with Crippen molar-refractivity contribution in [3.8, 4) is 22.6 Å². The summed E-state index contributed by atoms with van der Waals surface area (Å²) in [5.41, 5.74) is 2.18. The van der Waals surface area contributed by atoms with Gasteiger partial charge in [-0.3, -0.25) is 4.98 Å². The molecule has 100 valence electrons. The van der Waals surface area contributed by atoms with Crippen molar-refractivity contribution in [1.82, 2.24) is 4.98 Å². The molecule has 1 N–H and O–H groups in total. The van der Waals surface area contributed by atoms with E-state index in [1.165, 1.54) is 13.2 Å². The first-order chi connectivity index (χ1) is 9.69. The molecule has 0 spiro atoms. The third-order valence-corrected chi connectivity index (χ3v) is 3.19. The number of fused-ring (bicyclic) bond motifs is 1. The molecule has 3 rings (SSSR count). The van der Waals surface area contributed by atoms with Crippen molar-refractivity contribution in [3.63, 3.8) is 0 Å². The Morgan fingerprint density at radius 3 is 2.75 bits per heavy atom. The molecule has 1 heterocycles. The Morgan fingerprint density at radius 1 is 1.10 bits per heavy atom. The largest absolute Gasteiger partial charge is 0.504 e. The number of phenolic OH excluding ortho intramolecular Hbond substituents is 1. The van der Waals surface area contributed by atoms with E-state index in [0.29, 0.717) is 16.7 Å². The molecule has 4 heteroatoms. The maximum Gasteiger partial charge on any atom is 0.161 e. The number of rotatable bonds is 2. The van der Waals surface area contributed by atoms with Gasteiger partial charge in [-0.2, -0.15) is 0 Å². The second-order valence-electron chi connectivity index (χ2n) is 4.42. The number of aromatic hydroxyl groups is 1. The topological polar surface area (TPSA) is 42.4 Å². The first-order valence-electron chi connectivity index (χ1n) is 6.10. The molecule has 1 aromatic heterocycles. The maximum absolute atomic E-state index is 13.8. The molecular weight excluding hydrogens is 257 g/mol. The van der Waals surface area contributed by atoms with Crippen LogP contribution in [0.25, 0.3) is 22.0 Å². The highest BCUT2D eigenvalue weighted by Crippen LogP contribution is 2.32. The quantitative estimate of drug-likeness (QED) is 0.770. The highest BCUT2D eigenvalue weighted by Gasteiger charge is 2.07. The Morgan fingerprint density at radius 2 is 1.95 bits per heavy atom. The Labute approximate surface area is 115 Å². The van der Waals surface area contributed by atoms with Crippen molar-refractivity contribution < 1.29 is 14.2 Å². The lowest BCUT2D eigenvalue weighted by atomic mass is 10.0. The molecule has 0 amide bonds. The van der Waals surface area contributed by atoms with Crippen molar-refractivity contribution in [2.45, 2.75) is 0 Å². The molecule has 0 aliphatic heterocycles. The summed E-state index contributed by atoms with van der Waals surface area (Å²) in [6.45, 7) is 0. The monoisotopic (exact) mass is 269 g/mol. The van der Waals surface area contributed by atoms with Gasteiger partial charge in [-0.15, -0.1) is 0 Å². The number of aromatic nitrogens is 1. The summed E-state index contributed by atoms with van der Waals surface area (Å²) in [6.07, 6.45) is 1.67. The minimum atomic E-state index is -0.303. The van der Waals surface area contributed by atoms with Gasteiger partial charge < -0.3 is 9.84 Å². The molecule has 0 atom stereocenters. The summed E-state index contributed by atoms with van der Waals surface area (Å²) in [6, 6.07) is 11.5. The normalized spacial score (nSPS) is 10.7. The van der Waals surface area contributed by atoms with Crippen LogP contribution in [0.2, 0.25) is 0 Å². The van der Waals surface area contributed by atoms with E-state index in [0.717, 1.165) is 11.1 Å². The summed E-state index contributed by atoms with van der Waals surface area (Å²) in [7, 11) is 1.48. The fraction of sp³-hybridized carbons (Fsp3) is 0.0625. The minimum absolute atomic E-state index is 0.0659. The second-order valence-corrected chi connectivity index (χ2v) is 4.42. The predicted octanol–water partition coefficient (Wildman–Crippen LogP) is 3.76. The molecule has 0 fully saturated rings. The number of halogens is 1. The van der Waals surface area contributed by atoms with Crippen LogP contribution in [0.15, 0.2) is 48.7 Å². The lowest BCUT2D eigenvalue weighted by molar-refractivity contribution is 0.373. The van der Waals surface area contributed by atoms with E-state index in [1.807, 2.05) is 0 Å². The van der Waals surface area contributed by atoms with Crippen LogP contribution in [0, 0.1) is 5.82 Å². The first-order valence-corrected chi connectivity index (χ1v) is 6.10. The molecule has 0 saturated heterocycles. The third-order valence-electron chi connectivity index (χ3n) is 3.19. The molecule has 0 saturated carbocycles. The molecule has 2 aromatic carbocycles. The molecule has 0 aliphatic rings. The molecule has 0 bridgehead atoms. The predicted molar refractivity (Wildman–Crippen MR) is 75.4 cm³/mol. The van der Waals surface area contributed by atoms with Crippen LogP contribution in [0.5, 0.6) is 11.5 Å². The number of ether oxygens (including phenoxy) is 1. The number of benzene rings is 2. The number of methoxy groups -OCH3 is 1. The van der Waals surface area contributed by atoms with E-state index in [9.17, 15) is 9.50 Å². The highest BCUT2D eigenvalue weighted by molar-refractivity contribution is 5.84. The van der Waals surface area contributed by atoms with Crippen LogP contribution < -0.4 is 4.74 Å². The van der Waals surface area contributed by atoms with Gasteiger partial charge in [0.25, 0.3) is 0 Å². The van der Waals surface area contributed by atoms with Crippen LogP contribution in [0.1, 0.15) is 0 Å². The third kappa shape index (κ3) is 2.05. The van der Waals surface area contributed by atoms with Gasteiger partial charge in [-0.05, 0) is 35.9 Å². The molecular formula is C16H12FNO2. The van der Waals surface area contributed by atoms with E-state index < -0.39 is 0 Å². The minimum Gasteiger partial charge on any atom is -0.504 e. The van der Waals surface area contributed by atoms with Gasteiger partial charge in [0.2, 0.25) is 0 Å². The zero-order chi connectivity index (χ0) is 14.1. The van der Waals surface area contributed by atoms with Crippen LogP contribution in [-0.2, 0) is 0 Å². The molecule has 3 nitrogen and oxygen atoms in total. The van der Waals surface area contributed by atoms with Crippen molar-refractivity contribution in [1.29, 1.82) is 0 Å². The summed E-state index contributed by atoms with van der Waals surface area (Å²) >= 11 is 0. The number of hydrogen-bond donors (Lipinski definition) is 1. The zero-order valence-electron chi connectivity index (χ0n) is 10.8. The van der Waals surface area contributed by atoms with Crippen molar-refractivity contribution in [2.24, 2.45) is 0 Å². The van der Waals surface area contributed by atoms with E-state index >= 15 is 0 Å². The van der Waals surface area contributed by atoms with Crippen LogP contribution in [0.4, 0.5) is 4.39 Å². The number of pyridine rings is 1. The van der Waals surface area contributed by atoms with Gasteiger partial charge in [0.05, 0.1) is 12.6 Å². The SMILES string of the molecule is COc1cc(-c2cnc3cccc(F)c3c2)ccc1O. The average molecular weight is 269 g/mol. The number of nitrogens with zero attached hydrogens (tertiary/aromatic N) is 1. The number of hydrogen-bond acceptors (Lipinski definition) is 3. The van der Waals surface area contributed by atoms with Gasteiger partial charge in [-0.1, -0.05) is 12.1 Å². The molecule has 0 aliphatic carbocycles. The van der Waals surface area contributed by atoms with Gasteiger partial charge in [0.15, 0.2) is 11.5 Å². The summed E-state index contributed by atoms with van der Waals surface area (Å²) in [5.74, 6) is 0.134. The van der Waals surface area contributed by atoms with Crippen molar-refractivity contribution in [2.75, 3.05) is 7.11 Å². The average Bonchev–Trinajstić information content (AvgIpc) is 2.48. The first kappa shape index (κ1) is 12.4. The molecule has 0 radical (unpaired) electrons. The second kappa shape index (κ2) is 4.81. The van der Waals surface area contributed by atoms with Crippen LogP contribution in [-0.4, -0.2) is 17.2 Å². The standard InChI is InChI=1S/C16H12FNO2/c1-20-16-8-10(5-6-15(16)19)11-7-12-13(17)3-2-4-14(12)18-9-11/h2-9,19H,1H3. The lowest BCUT2D eigenvalue weighted by Crippen LogP contribution is -1.88. The van der Waals surface area contributed by atoms with Gasteiger partial charge >= 0.3 is 0 Å². The summed E-state index contributed by atoms with van der Waals surface area (Å²) in [5, 5.41) is 10.1. The molecule has 3 aromatic rings. The fourth-order valence-electron chi connectivity index (χ4n) is 2.13. The molecule has 20 heavy (non-hydrogen) atoms. The summed E-state index contributed by atoms with van der Waals surface area (Å²) in [4.78, 5) is 4.25. The van der Waals surface area contributed by atoms with Crippen molar-refractivity contribution >= 4 is 10.9 Å². The molecule has 0 unspecified atom stereocenters. The van der Waals surface area contributed by atoms with Gasteiger partial charge in [0.1, 0.15) is 5.82 Å². The number of phenols is 1. The van der Waals surface area contributed by atoms with E-state index in [2.05, 4.69) is 4.98 Å². The Bertz CT molecular complexity index is 787. The summed E-state index contributed by atoms with van der Waals surface area (Å²) < 4.78 is 18.9. The Hall–Kier alpha value is -2.62. The van der Waals surface area contributed by atoms with E-state index in [-0.39, 0.29) is 11.6 Å².